The monoisotopic (exact) mass is 277 g/mol. The van der Waals surface area contributed by atoms with E-state index in [0.29, 0.717) is 5.88 Å². The Balaban J connectivity index is 1.81. The fourth-order valence-electron chi connectivity index (χ4n) is 2.59. The van der Waals surface area contributed by atoms with Gasteiger partial charge in [0, 0.05) is 30.9 Å². The highest BCUT2D eigenvalue weighted by Gasteiger charge is 2.23. The molecule has 1 atom stereocenters. The van der Waals surface area contributed by atoms with Gasteiger partial charge < -0.3 is 10.1 Å². The number of pyridine rings is 1. The molecule has 20 heavy (non-hydrogen) atoms. The Morgan fingerprint density at radius 2 is 2.25 bits per heavy atom. The lowest BCUT2D eigenvalue weighted by Crippen LogP contribution is -2.39. The van der Waals surface area contributed by atoms with Gasteiger partial charge in [0.2, 0.25) is 5.88 Å². The van der Waals surface area contributed by atoms with Crippen molar-refractivity contribution in [2.75, 3.05) is 26.7 Å². The van der Waals surface area contributed by atoms with Crippen LogP contribution in [0.25, 0.3) is 0 Å². The third-order valence-corrected chi connectivity index (χ3v) is 3.71. The maximum Gasteiger partial charge on any atom is 0.213 e. The Morgan fingerprint density at radius 1 is 1.45 bits per heavy atom. The number of nitrogens with zero attached hydrogens (tertiary/aromatic N) is 2. The predicted octanol–water partition coefficient (Wildman–Crippen LogP) is 2.30. The molecule has 1 fully saturated rings. The van der Waals surface area contributed by atoms with Crippen LogP contribution < -0.4 is 10.1 Å². The second-order valence-electron chi connectivity index (χ2n) is 6.73. The van der Waals surface area contributed by atoms with Gasteiger partial charge in [0.15, 0.2) is 0 Å². The molecule has 1 aromatic heterocycles. The first kappa shape index (κ1) is 15.3. The van der Waals surface area contributed by atoms with Crippen molar-refractivity contribution in [2.24, 2.45) is 5.92 Å². The van der Waals surface area contributed by atoms with Crippen LogP contribution in [0.3, 0.4) is 0 Å². The van der Waals surface area contributed by atoms with Gasteiger partial charge in [0.25, 0.3) is 0 Å². The first-order chi connectivity index (χ1) is 9.46. The van der Waals surface area contributed by atoms with Crippen LogP contribution in [-0.4, -0.2) is 42.2 Å². The number of nitrogens with one attached hydrogen (secondary N) is 1. The number of rotatable bonds is 5. The third-order valence-electron chi connectivity index (χ3n) is 3.71. The van der Waals surface area contributed by atoms with E-state index in [1.165, 1.54) is 25.1 Å². The number of aromatic nitrogens is 1. The van der Waals surface area contributed by atoms with Gasteiger partial charge in [0.05, 0.1) is 7.11 Å². The van der Waals surface area contributed by atoms with Crippen molar-refractivity contribution < 1.29 is 4.74 Å². The van der Waals surface area contributed by atoms with E-state index in [9.17, 15) is 0 Å². The summed E-state index contributed by atoms with van der Waals surface area (Å²) < 4.78 is 5.18. The maximum absolute atomic E-state index is 5.18. The zero-order chi connectivity index (χ0) is 14.6. The van der Waals surface area contributed by atoms with E-state index in [4.69, 9.17) is 4.74 Å². The van der Waals surface area contributed by atoms with Crippen LogP contribution in [0.5, 0.6) is 5.88 Å². The smallest absolute Gasteiger partial charge is 0.213 e. The largest absolute Gasteiger partial charge is 0.481 e. The molecule has 0 radical (unpaired) electrons. The van der Waals surface area contributed by atoms with Crippen molar-refractivity contribution in [3.63, 3.8) is 0 Å². The molecule has 0 aromatic carbocycles. The van der Waals surface area contributed by atoms with E-state index in [-0.39, 0.29) is 5.54 Å². The van der Waals surface area contributed by atoms with Crippen molar-refractivity contribution in [1.82, 2.24) is 15.2 Å². The molecule has 2 heterocycles. The fourth-order valence-corrected chi connectivity index (χ4v) is 2.59. The molecular weight excluding hydrogens is 250 g/mol. The molecular formula is C16H27N3O. The Hall–Kier alpha value is -1.13. The van der Waals surface area contributed by atoms with E-state index in [0.717, 1.165) is 19.0 Å². The molecule has 4 heteroatoms. The summed E-state index contributed by atoms with van der Waals surface area (Å²) in [6.45, 7) is 11.1. The summed E-state index contributed by atoms with van der Waals surface area (Å²) in [5.41, 5.74) is 1.49. The average molecular weight is 277 g/mol. The van der Waals surface area contributed by atoms with Crippen molar-refractivity contribution in [3.8, 4) is 5.88 Å². The second kappa shape index (κ2) is 6.55. The Bertz CT molecular complexity index is 428. The van der Waals surface area contributed by atoms with Gasteiger partial charge >= 0.3 is 0 Å². The lowest BCUT2D eigenvalue weighted by atomic mass is 10.1. The minimum absolute atomic E-state index is 0.214. The molecule has 0 bridgehead atoms. The van der Waals surface area contributed by atoms with Gasteiger partial charge in [-0.25, -0.2) is 4.98 Å². The van der Waals surface area contributed by atoms with Crippen molar-refractivity contribution in [2.45, 2.75) is 39.3 Å². The molecule has 1 saturated heterocycles. The molecule has 1 N–H and O–H groups in total. The Kier molecular flexibility index (Phi) is 5.00. The van der Waals surface area contributed by atoms with E-state index in [2.05, 4.69) is 42.0 Å². The van der Waals surface area contributed by atoms with Gasteiger partial charge in [-0.3, -0.25) is 4.90 Å². The molecule has 0 spiro atoms. The summed E-state index contributed by atoms with van der Waals surface area (Å²) in [5.74, 6) is 1.46. The van der Waals surface area contributed by atoms with Crippen LogP contribution in [-0.2, 0) is 6.54 Å². The predicted molar refractivity (Wildman–Crippen MR) is 81.9 cm³/mol. The van der Waals surface area contributed by atoms with E-state index < -0.39 is 0 Å². The number of hydrogen-bond acceptors (Lipinski definition) is 4. The summed E-state index contributed by atoms with van der Waals surface area (Å²) >= 11 is 0. The highest BCUT2D eigenvalue weighted by atomic mass is 16.5. The number of ether oxygens (including phenoxy) is 1. The average Bonchev–Trinajstić information content (AvgIpc) is 2.83. The Morgan fingerprint density at radius 3 is 2.95 bits per heavy atom. The highest BCUT2D eigenvalue weighted by Crippen LogP contribution is 2.20. The molecule has 0 aliphatic carbocycles. The molecule has 0 amide bonds. The summed E-state index contributed by atoms with van der Waals surface area (Å²) in [6.07, 6.45) is 3.11. The van der Waals surface area contributed by atoms with Gasteiger partial charge in [-0.05, 0) is 57.8 Å². The van der Waals surface area contributed by atoms with E-state index >= 15 is 0 Å². The summed E-state index contributed by atoms with van der Waals surface area (Å²) in [7, 11) is 1.66. The van der Waals surface area contributed by atoms with Crippen molar-refractivity contribution in [3.05, 3.63) is 23.9 Å². The summed E-state index contributed by atoms with van der Waals surface area (Å²) in [5, 5.41) is 3.61. The number of hydrogen-bond donors (Lipinski definition) is 1. The highest BCUT2D eigenvalue weighted by molar-refractivity contribution is 5.20. The third kappa shape index (κ3) is 4.76. The lowest BCUT2D eigenvalue weighted by Gasteiger charge is -2.23. The first-order valence-corrected chi connectivity index (χ1v) is 7.42. The summed E-state index contributed by atoms with van der Waals surface area (Å²) in [4.78, 5) is 6.67. The van der Waals surface area contributed by atoms with Crippen LogP contribution in [0.4, 0.5) is 0 Å². The molecule has 1 aliphatic rings. The van der Waals surface area contributed by atoms with Crippen LogP contribution in [0.15, 0.2) is 18.3 Å². The minimum Gasteiger partial charge on any atom is -0.481 e. The second-order valence-corrected chi connectivity index (χ2v) is 6.73. The lowest BCUT2D eigenvalue weighted by molar-refractivity contribution is 0.304. The number of methoxy groups -OCH3 is 1. The van der Waals surface area contributed by atoms with E-state index in [1.54, 1.807) is 7.11 Å². The topological polar surface area (TPSA) is 37.4 Å². The maximum atomic E-state index is 5.18. The van der Waals surface area contributed by atoms with Crippen molar-refractivity contribution >= 4 is 0 Å². The van der Waals surface area contributed by atoms with Gasteiger partial charge in [-0.15, -0.1) is 0 Å². The number of likely N-dealkylation sites (tertiary alicyclic amines) is 1. The van der Waals surface area contributed by atoms with E-state index in [1.807, 2.05) is 12.3 Å². The molecule has 2 rings (SSSR count). The molecule has 0 saturated carbocycles. The van der Waals surface area contributed by atoms with Crippen LogP contribution in [0.2, 0.25) is 0 Å². The van der Waals surface area contributed by atoms with Crippen LogP contribution in [0.1, 0.15) is 32.8 Å². The van der Waals surface area contributed by atoms with Crippen LogP contribution >= 0.6 is 0 Å². The molecule has 1 unspecified atom stereocenters. The van der Waals surface area contributed by atoms with Gasteiger partial charge in [0.1, 0.15) is 0 Å². The van der Waals surface area contributed by atoms with Gasteiger partial charge in [-0.1, -0.05) is 0 Å². The Labute approximate surface area is 122 Å². The molecule has 112 valence electrons. The quantitative estimate of drug-likeness (QED) is 0.896. The zero-order valence-corrected chi connectivity index (χ0v) is 13.1. The SMILES string of the molecule is COc1cc(CN2CCC(CNC(C)(C)C)C2)ccn1. The molecule has 4 nitrogen and oxygen atoms in total. The zero-order valence-electron chi connectivity index (χ0n) is 13.1. The minimum atomic E-state index is 0.214. The standard InChI is InChI=1S/C16H27N3O/c1-16(2,3)18-10-14-6-8-19(12-14)11-13-5-7-17-15(9-13)20-4/h5,7,9,14,18H,6,8,10-12H2,1-4H3. The fraction of sp³-hybridized carbons (Fsp3) is 0.688. The summed E-state index contributed by atoms with van der Waals surface area (Å²) in [6, 6.07) is 4.10. The van der Waals surface area contributed by atoms with Crippen molar-refractivity contribution in [1.29, 1.82) is 0 Å². The van der Waals surface area contributed by atoms with Crippen LogP contribution in [0, 0.1) is 5.92 Å². The molecule has 1 aromatic rings. The van der Waals surface area contributed by atoms with Gasteiger partial charge in [-0.2, -0.15) is 0 Å². The molecule has 1 aliphatic heterocycles. The normalized spacial score (nSPS) is 20.3. The first-order valence-electron chi connectivity index (χ1n) is 7.42.